The highest BCUT2D eigenvalue weighted by Gasteiger charge is 2.46. The number of ether oxygens (including phenoxy) is 1. The van der Waals surface area contributed by atoms with Gasteiger partial charge >= 0.3 is 5.97 Å². The molecule has 0 N–H and O–H groups in total. The van der Waals surface area contributed by atoms with Crippen LogP contribution in [-0.4, -0.2) is 17.6 Å². The summed E-state index contributed by atoms with van der Waals surface area (Å²) in [5, 5.41) is 0.656. The molecule has 5 rings (SSSR count). The maximum Gasteiger partial charge on any atom is 0.309 e. The van der Waals surface area contributed by atoms with Crippen molar-refractivity contribution in [1.29, 1.82) is 0 Å². The number of carbonyl (C=O) groups excluding carboxylic acids is 1. The second-order valence-electron chi connectivity index (χ2n) is 7.90. The van der Waals surface area contributed by atoms with Crippen LogP contribution in [0.1, 0.15) is 22.7 Å². The first-order chi connectivity index (χ1) is 15.0. The molecule has 3 atom stereocenters. The van der Waals surface area contributed by atoms with Gasteiger partial charge in [-0.3, -0.25) is 9.78 Å². The van der Waals surface area contributed by atoms with Crippen molar-refractivity contribution in [3.8, 4) is 11.1 Å². The van der Waals surface area contributed by atoms with E-state index in [0.29, 0.717) is 10.6 Å². The van der Waals surface area contributed by atoms with Gasteiger partial charge in [0.15, 0.2) is 11.6 Å². The topological polar surface area (TPSA) is 39.2 Å². The van der Waals surface area contributed by atoms with Crippen molar-refractivity contribution in [3.63, 3.8) is 0 Å². The number of fused-ring (bicyclic) bond motifs is 2. The highest BCUT2D eigenvalue weighted by atomic mass is 35.5. The van der Waals surface area contributed by atoms with E-state index in [-0.39, 0.29) is 36.4 Å². The van der Waals surface area contributed by atoms with Crippen LogP contribution in [-0.2, 0) is 16.0 Å². The lowest BCUT2D eigenvalue weighted by Gasteiger charge is -2.31. The summed E-state index contributed by atoms with van der Waals surface area (Å²) in [6.45, 7) is 0.276. The van der Waals surface area contributed by atoms with E-state index < -0.39 is 17.6 Å². The zero-order chi connectivity index (χ0) is 21.5. The molecule has 2 heterocycles. The van der Waals surface area contributed by atoms with Crippen molar-refractivity contribution >= 4 is 23.6 Å². The van der Waals surface area contributed by atoms with Crippen LogP contribution in [0, 0.1) is 23.5 Å². The zero-order valence-electron chi connectivity index (χ0n) is 16.4. The van der Waals surface area contributed by atoms with Crippen LogP contribution in [0.25, 0.3) is 17.2 Å². The average Bonchev–Trinajstić information content (AvgIpc) is 3.15. The fourth-order valence-electron chi connectivity index (χ4n) is 4.53. The predicted molar refractivity (Wildman–Crippen MR) is 114 cm³/mol. The minimum absolute atomic E-state index is 0.105. The molecule has 0 bridgehead atoms. The van der Waals surface area contributed by atoms with E-state index in [1.165, 1.54) is 0 Å². The summed E-state index contributed by atoms with van der Waals surface area (Å²) < 4.78 is 33.5. The number of carbonyl (C=O) groups is 1. The SMILES string of the molecule is O=C1OC[C@H]2[C@@H]1Cc1c(ccc(F)c1F)[C@@H]2/C=C/c1ccc(-c2cccc(Cl)c2)cn1. The third-order valence-electron chi connectivity index (χ3n) is 6.13. The molecule has 156 valence electrons. The molecular weight excluding hydrogens is 420 g/mol. The first kappa shape index (κ1) is 19.9. The zero-order valence-corrected chi connectivity index (χ0v) is 17.2. The molecule has 1 saturated heterocycles. The van der Waals surface area contributed by atoms with Gasteiger partial charge in [0.25, 0.3) is 0 Å². The van der Waals surface area contributed by atoms with E-state index in [0.717, 1.165) is 22.9 Å². The number of aromatic nitrogens is 1. The number of rotatable bonds is 3. The number of hydrogen-bond donors (Lipinski definition) is 0. The molecule has 1 aliphatic carbocycles. The quantitative estimate of drug-likeness (QED) is 0.484. The van der Waals surface area contributed by atoms with E-state index in [1.54, 1.807) is 12.3 Å². The van der Waals surface area contributed by atoms with Crippen LogP contribution in [0.15, 0.2) is 60.8 Å². The van der Waals surface area contributed by atoms with Crippen molar-refractivity contribution in [3.05, 3.63) is 94.3 Å². The summed E-state index contributed by atoms with van der Waals surface area (Å²) in [7, 11) is 0. The number of esters is 1. The van der Waals surface area contributed by atoms with Crippen molar-refractivity contribution in [2.45, 2.75) is 12.3 Å². The molecule has 31 heavy (non-hydrogen) atoms. The largest absolute Gasteiger partial charge is 0.465 e. The second-order valence-corrected chi connectivity index (χ2v) is 8.34. The Bertz CT molecular complexity index is 1190. The minimum Gasteiger partial charge on any atom is -0.465 e. The first-order valence-corrected chi connectivity index (χ1v) is 10.4. The van der Waals surface area contributed by atoms with Crippen LogP contribution in [0.5, 0.6) is 0 Å². The normalized spacial score (nSPS) is 22.3. The lowest BCUT2D eigenvalue weighted by Crippen LogP contribution is -2.30. The van der Waals surface area contributed by atoms with Gasteiger partial charge in [-0.05, 0) is 53.5 Å². The lowest BCUT2D eigenvalue weighted by molar-refractivity contribution is -0.141. The van der Waals surface area contributed by atoms with E-state index in [2.05, 4.69) is 4.98 Å². The van der Waals surface area contributed by atoms with E-state index in [4.69, 9.17) is 16.3 Å². The predicted octanol–water partition coefficient (Wildman–Crippen LogP) is 5.82. The fraction of sp³-hybridized carbons (Fsp3) is 0.200. The highest BCUT2D eigenvalue weighted by Crippen LogP contribution is 2.45. The summed E-state index contributed by atoms with van der Waals surface area (Å²) in [6.07, 6.45) is 5.69. The smallest absolute Gasteiger partial charge is 0.309 e. The number of nitrogens with zero attached hydrogens (tertiary/aromatic N) is 1. The lowest BCUT2D eigenvalue weighted by atomic mass is 9.70. The number of pyridine rings is 1. The molecule has 0 amide bonds. The second kappa shape index (κ2) is 7.89. The molecule has 2 aliphatic rings. The van der Waals surface area contributed by atoms with E-state index in [9.17, 15) is 13.6 Å². The van der Waals surface area contributed by atoms with Gasteiger partial charge in [-0.1, -0.05) is 41.9 Å². The standard InChI is InChI=1S/C25H18ClF2NO2/c26-16-3-1-2-14(10-16)15-4-5-17(29-12-15)6-7-19-18-8-9-23(27)24(28)20(18)11-21-22(19)13-31-25(21)30/h1-10,12,19,21-22H,11,13H2/b7-6+/t19-,21-,22+/m0/s1. The Balaban J connectivity index is 1.46. The van der Waals surface area contributed by atoms with Gasteiger partial charge in [0.2, 0.25) is 0 Å². The number of hydrogen-bond acceptors (Lipinski definition) is 3. The molecule has 1 fully saturated rings. The summed E-state index contributed by atoms with van der Waals surface area (Å²) in [5.74, 6) is -2.95. The van der Waals surface area contributed by atoms with Crippen molar-refractivity contribution < 1.29 is 18.3 Å². The van der Waals surface area contributed by atoms with Crippen molar-refractivity contribution in [2.24, 2.45) is 11.8 Å². The summed E-state index contributed by atoms with van der Waals surface area (Å²) in [6, 6.07) is 14.1. The van der Waals surface area contributed by atoms with Crippen LogP contribution in [0.3, 0.4) is 0 Å². The monoisotopic (exact) mass is 437 g/mol. The van der Waals surface area contributed by atoms with Crippen molar-refractivity contribution in [2.75, 3.05) is 6.61 Å². The fourth-order valence-corrected chi connectivity index (χ4v) is 4.72. The van der Waals surface area contributed by atoms with Gasteiger partial charge in [0.05, 0.1) is 18.2 Å². The van der Waals surface area contributed by atoms with Crippen LogP contribution >= 0.6 is 11.6 Å². The third-order valence-corrected chi connectivity index (χ3v) is 6.37. The maximum atomic E-state index is 14.5. The van der Waals surface area contributed by atoms with Gasteiger partial charge in [0.1, 0.15) is 0 Å². The Labute approximate surface area is 183 Å². The average molecular weight is 438 g/mol. The van der Waals surface area contributed by atoms with Crippen molar-refractivity contribution in [1.82, 2.24) is 4.98 Å². The van der Waals surface area contributed by atoms with Crippen LogP contribution in [0.2, 0.25) is 5.02 Å². The molecule has 0 saturated carbocycles. The number of allylic oxidation sites excluding steroid dienone is 1. The highest BCUT2D eigenvalue weighted by molar-refractivity contribution is 6.30. The molecule has 0 unspecified atom stereocenters. The van der Waals surface area contributed by atoms with E-state index in [1.807, 2.05) is 48.6 Å². The molecule has 3 nitrogen and oxygen atoms in total. The van der Waals surface area contributed by atoms with E-state index >= 15 is 0 Å². The number of benzene rings is 2. The van der Waals surface area contributed by atoms with Gasteiger partial charge in [-0.15, -0.1) is 0 Å². The number of halogens is 3. The van der Waals surface area contributed by atoms with Crippen LogP contribution in [0.4, 0.5) is 8.78 Å². The van der Waals surface area contributed by atoms with Gasteiger partial charge in [-0.2, -0.15) is 0 Å². The summed E-state index contributed by atoms with van der Waals surface area (Å²) in [5.41, 5.74) is 3.60. The van der Waals surface area contributed by atoms with Gasteiger partial charge in [-0.25, -0.2) is 8.78 Å². The summed E-state index contributed by atoms with van der Waals surface area (Å²) >= 11 is 6.06. The van der Waals surface area contributed by atoms with Gasteiger partial charge in [0, 0.05) is 28.6 Å². The molecule has 0 radical (unpaired) electrons. The Kier molecular flexibility index (Phi) is 5.06. The maximum absolute atomic E-state index is 14.5. The molecule has 1 aromatic heterocycles. The van der Waals surface area contributed by atoms with Crippen LogP contribution < -0.4 is 0 Å². The Morgan fingerprint density at radius 2 is 1.97 bits per heavy atom. The molecule has 6 heteroatoms. The minimum atomic E-state index is -0.899. The molecule has 3 aromatic rings. The third kappa shape index (κ3) is 3.63. The molecule has 0 spiro atoms. The first-order valence-electron chi connectivity index (χ1n) is 10.0. The molecule has 1 aliphatic heterocycles. The Morgan fingerprint density at radius 3 is 2.74 bits per heavy atom. The molecular formula is C25H18ClF2NO2. The summed E-state index contributed by atoms with van der Waals surface area (Å²) in [4.78, 5) is 16.6. The Hall–Kier alpha value is -3.05. The Morgan fingerprint density at radius 1 is 1.10 bits per heavy atom. The van der Waals surface area contributed by atoms with Gasteiger partial charge < -0.3 is 4.74 Å². The molecule has 2 aromatic carbocycles. The number of cyclic esters (lactones) is 1.